The van der Waals surface area contributed by atoms with Crippen molar-refractivity contribution in [2.75, 3.05) is 0 Å². The summed E-state index contributed by atoms with van der Waals surface area (Å²) in [5.41, 5.74) is 1.77. The molecule has 1 saturated carbocycles. The molecule has 0 amide bonds. The molecule has 2 heteroatoms. The van der Waals surface area contributed by atoms with Crippen LogP contribution < -0.4 is 4.74 Å². The number of aldehydes is 1. The molecule has 110 valence electrons. The first kappa shape index (κ1) is 15.1. The number of hydrogen-bond donors (Lipinski definition) is 0. The zero-order valence-electron chi connectivity index (χ0n) is 13.1. The van der Waals surface area contributed by atoms with Crippen molar-refractivity contribution in [3.05, 3.63) is 29.3 Å². The van der Waals surface area contributed by atoms with Crippen molar-refractivity contribution in [1.29, 1.82) is 0 Å². The summed E-state index contributed by atoms with van der Waals surface area (Å²) in [7, 11) is 0. The molecule has 2 rings (SSSR count). The molecule has 1 aliphatic carbocycles. The van der Waals surface area contributed by atoms with E-state index in [9.17, 15) is 4.79 Å². The Labute approximate surface area is 122 Å². The van der Waals surface area contributed by atoms with E-state index < -0.39 is 0 Å². The van der Waals surface area contributed by atoms with Crippen LogP contribution in [0.1, 0.15) is 56.0 Å². The van der Waals surface area contributed by atoms with Crippen LogP contribution >= 0.6 is 0 Å². The molecule has 0 bridgehead atoms. The second-order valence-electron chi connectivity index (χ2n) is 6.63. The molecule has 0 heterocycles. The molecule has 1 aliphatic rings. The monoisotopic (exact) mass is 274 g/mol. The first-order valence-electron chi connectivity index (χ1n) is 7.73. The molecule has 1 aromatic carbocycles. The van der Waals surface area contributed by atoms with E-state index in [2.05, 4.69) is 20.8 Å². The molecule has 0 N–H and O–H groups in total. The van der Waals surface area contributed by atoms with Crippen LogP contribution in [0.4, 0.5) is 0 Å². The Bertz CT molecular complexity index is 464. The maximum Gasteiger partial charge on any atom is 0.150 e. The summed E-state index contributed by atoms with van der Waals surface area (Å²) >= 11 is 0. The molecule has 0 saturated heterocycles. The Hall–Kier alpha value is -1.31. The van der Waals surface area contributed by atoms with Crippen molar-refractivity contribution in [2.45, 2.75) is 53.1 Å². The van der Waals surface area contributed by atoms with Crippen molar-refractivity contribution in [1.82, 2.24) is 0 Å². The molecule has 0 radical (unpaired) electrons. The fourth-order valence-corrected chi connectivity index (χ4v) is 3.29. The van der Waals surface area contributed by atoms with Crippen LogP contribution in [0, 0.1) is 24.7 Å². The molecule has 2 nitrogen and oxygen atoms in total. The predicted octanol–water partition coefficient (Wildman–Crippen LogP) is 4.65. The second-order valence-corrected chi connectivity index (χ2v) is 6.63. The van der Waals surface area contributed by atoms with E-state index in [-0.39, 0.29) is 0 Å². The van der Waals surface area contributed by atoms with Crippen LogP contribution in [-0.2, 0) is 0 Å². The lowest BCUT2D eigenvalue weighted by Crippen LogP contribution is -2.36. The summed E-state index contributed by atoms with van der Waals surface area (Å²) in [5.74, 6) is 2.96. The lowest BCUT2D eigenvalue weighted by Gasteiger charge is -2.37. The van der Waals surface area contributed by atoms with Crippen LogP contribution in [0.25, 0.3) is 0 Å². The maximum absolute atomic E-state index is 10.8. The summed E-state index contributed by atoms with van der Waals surface area (Å²) in [4.78, 5) is 10.8. The van der Waals surface area contributed by atoms with Crippen molar-refractivity contribution in [2.24, 2.45) is 17.8 Å². The highest BCUT2D eigenvalue weighted by Crippen LogP contribution is 2.36. The first-order valence-corrected chi connectivity index (χ1v) is 7.73. The summed E-state index contributed by atoms with van der Waals surface area (Å²) in [6.45, 7) is 8.91. The fourth-order valence-electron chi connectivity index (χ4n) is 3.29. The van der Waals surface area contributed by atoms with Gasteiger partial charge >= 0.3 is 0 Å². The molecule has 3 atom stereocenters. The van der Waals surface area contributed by atoms with Crippen LogP contribution in [-0.4, -0.2) is 12.4 Å². The van der Waals surface area contributed by atoms with E-state index >= 15 is 0 Å². The van der Waals surface area contributed by atoms with Crippen molar-refractivity contribution < 1.29 is 9.53 Å². The summed E-state index contributed by atoms with van der Waals surface area (Å²) in [6.07, 6.45) is 4.90. The van der Waals surface area contributed by atoms with Gasteiger partial charge in [0.15, 0.2) is 0 Å². The normalized spacial score (nSPS) is 26.6. The second kappa shape index (κ2) is 6.43. The van der Waals surface area contributed by atoms with Gasteiger partial charge < -0.3 is 4.74 Å². The van der Waals surface area contributed by atoms with Gasteiger partial charge in [-0.3, -0.25) is 4.79 Å². The van der Waals surface area contributed by atoms with Gasteiger partial charge in [-0.15, -0.1) is 0 Å². The summed E-state index contributed by atoms with van der Waals surface area (Å²) in [6, 6.07) is 5.68. The molecular weight excluding hydrogens is 248 g/mol. The van der Waals surface area contributed by atoms with E-state index in [1.165, 1.54) is 12.8 Å². The van der Waals surface area contributed by atoms with Gasteiger partial charge in [0.2, 0.25) is 0 Å². The molecule has 20 heavy (non-hydrogen) atoms. The SMILES string of the molecule is Cc1cc(C=O)ccc1OC1CC(C)CCC1C(C)C. The van der Waals surface area contributed by atoms with E-state index in [1.54, 1.807) is 0 Å². The van der Waals surface area contributed by atoms with Gasteiger partial charge in [-0.2, -0.15) is 0 Å². The Kier molecular flexibility index (Phi) is 4.85. The van der Waals surface area contributed by atoms with Gasteiger partial charge in [0.1, 0.15) is 18.1 Å². The van der Waals surface area contributed by atoms with Gasteiger partial charge in [-0.25, -0.2) is 0 Å². The van der Waals surface area contributed by atoms with Crippen LogP contribution in [0.2, 0.25) is 0 Å². The molecule has 1 fully saturated rings. The van der Waals surface area contributed by atoms with E-state index in [4.69, 9.17) is 4.74 Å². The predicted molar refractivity (Wildman–Crippen MR) is 82.3 cm³/mol. The number of rotatable bonds is 4. The molecular formula is C18H26O2. The van der Waals surface area contributed by atoms with Gasteiger partial charge in [0.25, 0.3) is 0 Å². The van der Waals surface area contributed by atoms with E-state index in [0.717, 1.165) is 29.9 Å². The van der Waals surface area contributed by atoms with E-state index in [0.29, 0.717) is 23.5 Å². The van der Waals surface area contributed by atoms with Crippen LogP contribution in [0.3, 0.4) is 0 Å². The Morgan fingerprint density at radius 2 is 2.05 bits per heavy atom. The number of ether oxygens (including phenoxy) is 1. The highest BCUT2D eigenvalue weighted by Gasteiger charge is 2.32. The standard InChI is InChI=1S/C18H26O2/c1-12(2)16-7-5-13(3)9-18(16)20-17-8-6-15(11-19)10-14(17)4/h6,8,10-13,16,18H,5,7,9H2,1-4H3. The van der Waals surface area contributed by atoms with Gasteiger partial charge in [0, 0.05) is 5.56 Å². The van der Waals surface area contributed by atoms with Crippen molar-refractivity contribution in [3.8, 4) is 5.75 Å². The minimum Gasteiger partial charge on any atom is -0.490 e. The molecule has 3 unspecified atom stereocenters. The molecule has 0 spiro atoms. The average molecular weight is 274 g/mol. The Morgan fingerprint density at radius 3 is 2.65 bits per heavy atom. The van der Waals surface area contributed by atoms with Crippen LogP contribution in [0.5, 0.6) is 5.75 Å². The smallest absolute Gasteiger partial charge is 0.150 e. The average Bonchev–Trinajstić information content (AvgIpc) is 2.40. The third-order valence-corrected chi connectivity index (χ3v) is 4.57. The minimum atomic E-state index is 0.305. The zero-order chi connectivity index (χ0) is 14.7. The molecule has 1 aromatic rings. The highest BCUT2D eigenvalue weighted by molar-refractivity contribution is 5.75. The van der Waals surface area contributed by atoms with Gasteiger partial charge in [-0.05, 0) is 61.3 Å². The molecule has 0 aliphatic heterocycles. The van der Waals surface area contributed by atoms with Crippen LogP contribution in [0.15, 0.2) is 18.2 Å². The maximum atomic E-state index is 10.8. The van der Waals surface area contributed by atoms with E-state index in [1.807, 2.05) is 25.1 Å². The van der Waals surface area contributed by atoms with Gasteiger partial charge in [0.05, 0.1) is 0 Å². The quantitative estimate of drug-likeness (QED) is 0.747. The Balaban J connectivity index is 2.15. The largest absolute Gasteiger partial charge is 0.490 e. The minimum absolute atomic E-state index is 0.305. The zero-order valence-corrected chi connectivity index (χ0v) is 13.1. The topological polar surface area (TPSA) is 26.3 Å². The third kappa shape index (κ3) is 3.41. The first-order chi connectivity index (χ1) is 9.51. The van der Waals surface area contributed by atoms with Crippen molar-refractivity contribution in [3.63, 3.8) is 0 Å². The summed E-state index contributed by atoms with van der Waals surface area (Å²) in [5, 5.41) is 0. The number of hydrogen-bond acceptors (Lipinski definition) is 2. The summed E-state index contributed by atoms with van der Waals surface area (Å²) < 4.78 is 6.31. The third-order valence-electron chi connectivity index (χ3n) is 4.57. The molecule has 0 aromatic heterocycles. The number of carbonyl (C=O) groups excluding carboxylic acids is 1. The lowest BCUT2D eigenvalue weighted by atomic mass is 9.75. The number of benzene rings is 1. The highest BCUT2D eigenvalue weighted by atomic mass is 16.5. The van der Waals surface area contributed by atoms with Crippen molar-refractivity contribution >= 4 is 6.29 Å². The Morgan fingerprint density at radius 1 is 1.30 bits per heavy atom. The number of aryl methyl sites for hydroxylation is 1. The fraction of sp³-hybridized carbons (Fsp3) is 0.611. The lowest BCUT2D eigenvalue weighted by molar-refractivity contribution is 0.0455. The number of carbonyl (C=O) groups is 1. The van der Waals surface area contributed by atoms with Gasteiger partial charge in [-0.1, -0.05) is 27.2 Å².